The molecule has 4 heteroatoms. The zero-order valence-electron chi connectivity index (χ0n) is 8.86. The maximum Gasteiger partial charge on any atom is 0.348 e. The molecule has 0 amide bonds. The Morgan fingerprint density at radius 2 is 1.93 bits per heavy atom. The van der Waals surface area contributed by atoms with Gasteiger partial charge in [0.1, 0.15) is 0 Å². The van der Waals surface area contributed by atoms with Gasteiger partial charge in [-0.25, -0.2) is 4.79 Å². The average Bonchev–Trinajstić information content (AvgIpc) is 2.08. The fourth-order valence-electron chi connectivity index (χ4n) is 1.82. The first-order valence-electron chi connectivity index (χ1n) is 5.15. The molecule has 0 radical (unpaired) electrons. The number of rotatable bonds is 2. The number of allylic oxidation sites excluding steroid dienone is 2. The van der Waals surface area contributed by atoms with E-state index in [-0.39, 0.29) is 0 Å². The Morgan fingerprint density at radius 1 is 1.27 bits per heavy atom. The number of hydrogen-bond acceptors (Lipinski definition) is 3. The Bertz CT molecular complexity index is 282. The average molecular weight is 212 g/mol. The highest BCUT2D eigenvalue weighted by atomic mass is 16.6. The van der Waals surface area contributed by atoms with Crippen LogP contribution in [0.3, 0.4) is 0 Å². The number of esters is 1. The molecule has 1 rings (SSSR count). The summed E-state index contributed by atoms with van der Waals surface area (Å²) in [6.07, 6.45) is 6.95. The summed E-state index contributed by atoms with van der Waals surface area (Å²) in [5.41, 5.74) is -1.31. The van der Waals surface area contributed by atoms with E-state index in [1.807, 2.05) is 12.2 Å². The van der Waals surface area contributed by atoms with Crippen molar-refractivity contribution < 1.29 is 19.4 Å². The predicted octanol–water partition coefficient (Wildman–Crippen LogP) is 1.89. The molecule has 84 valence electrons. The van der Waals surface area contributed by atoms with Crippen molar-refractivity contribution in [3.8, 4) is 0 Å². The number of carbonyl (C=O) groups is 2. The smallest absolute Gasteiger partial charge is 0.348 e. The van der Waals surface area contributed by atoms with Crippen molar-refractivity contribution in [1.82, 2.24) is 0 Å². The molecule has 0 aromatic carbocycles. The van der Waals surface area contributed by atoms with E-state index >= 15 is 0 Å². The third-order valence-electron chi connectivity index (χ3n) is 2.56. The van der Waals surface area contributed by atoms with Gasteiger partial charge in [0.15, 0.2) is 0 Å². The van der Waals surface area contributed by atoms with Gasteiger partial charge in [0.05, 0.1) is 0 Å². The molecule has 0 fully saturated rings. The fourth-order valence-corrected chi connectivity index (χ4v) is 1.82. The number of aliphatic carboxylic acids is 1. The molecule has 1 atom stereocenters. The normalized spacial score (nSPS) is 28.6. The van der Waals surface area contributed by atoms with E-state index in [0.29, 0.717) is 19.3 Å². The maximum atomic E-state index is 11.2. The van der Waals surface area contributed by atoms with Gasteiger partial charge in [0, 0.05) is 13.3 Å². The van der Waals surface area contributed by atoms with Crippen LogP contribution in [0.25, 0.3) is 0 Å². The van der Waals surface area contributed by atoms with Crippen LogP contribution in [0.1, 0.15) is 39.0 Å². The molecule has 1 N–H and O–H groups in total. The molecule has 15 heavy (non-hydrogen) atoms. The van der Waals surface area contributed by atoms with Crippen LogP contribution in [-0.2, 0) is 14.3 Å². The molecule has 4 nitrogen and oxygen atoms in total. The van der Waals surface area contributed by atoms with Gasteiger partial charge in [-0.3, -0.25) is 4.79 Å². The summed E-state index contributed by atoms with van der Waals surface area (Å²) >= 11 is 0. The third kappa shape index (κ3) is 3.08. The van der Waals surface area contributed by atoms with E-state index in [4.69, 9.17) is 9.84 Å². The van der Waals surface area contributed by atoms with Gasteiger partial charge < -0.3 is 9.84 Å². The molecule has 0 aromatic heterocycles. The lowest BCUT2D eigenvalue weighted by atomic mass is 9.89. The van der Waals surface area contributed by atoms with Crippen molar-refractivity contribution in [3.05, 3.63) is 12.2 Å². The summed E-state index contributed by atoms with van der Waals surface area (Å²) in [5.74, 6) is -1.56. The van der Waals surface area contributed by atoms with E-state index in [1.54, 1.807) is 0 Å². The first kappa shape index (κ1) is 11.8. The minimum atomic E-state index is -1.31. The molecule has 0 heterocycles. The van der Waals surface area contributed by atoms with Gasteiger partial charge in [-0.1, -0.05) is 12.2 Å². The molecule has 0 saturated carbocycles. The molecule has 0 saturated heterocycles. The lowest BCUT2D eigenvalue weighted by molar-refractivity contribution is -0.179. The van der Waals surface area contributed by atoms with Gasteiger partial charge in [-0.2, -0.15) is 0 Å². The Kier molecular flexibility index (Phi) is 3.88. The van der Waals surface area contributed by atoms with E-state index in [9.17, 15) is 9.59 Å². The summed E-state index contributed by atoms with van der Waals surface area (Å²) < 4.78 is 5.00. The van der Waals surface area contributed by atoms with Crippen molar-refractivity contribution in [3.63, 3.8) is 0 Å². The molecule has 1 unspecified atom stereocenters. The number of ether oxygens (including phenoxy) is 1. The molecule has 0 bridgehead atoms. The summed E-state index contributed by atoms with van der Waals surface area (Å²) in [5, 5.41) is 9.15. The largest absolute Gasteiger partial charge is 0.478 e. The van der Waals surface area contributed by atoms with Crippen LogP contribution in [0.2, 0.25) is 0 Å². The second-order valence-corrected chi connectivity index (χ2v) is 3.80. The highest BCUT2D eigenvalue weighted by Crippen LogP contribution is 2.28. The highest BCUT2D eigenvalue weighted by molar-refractivity contribution is 5.81. The summed E-state index contributed by atoms with van der Waals surface area (Å²) in [6, 6.07) is 0. The lowest BCUT2D eigenvalue weighted by Gasteiger charge is -2.29. The second kappa shape index (κ2) is 4.96. The van der Waals surface area contributed by atoms with Crippen molar-refractivity contribution in [2.24, 2.45) is 0 Å². The van der Waals surface area contributed by atoms with E-state index in [0.717, 1.165) is 12.8 Å². The molecule has 1 aliphatic carbocycles. The van der Waals surface area contributed by atoms with Crippen LogP contribution in [0.5, 0.6) is 0 Å². The minimum absolute atomic E-state index is 0.360. The van der Waals surface area contributed by atoms with Crippen molar-refractivity contribution in [2.75, 3.05) is 0 Å². The first-order valence-corrected chi connectivity index (χ1v) is 5.15. The van der Waals surface area contributed by atoms with Gasteiger partial charge in [-0.15, -0.1) is 0 Å². The van der Waals surface area contributed by atoms with E-state index in [2.05, 4.69) is 0 Å². The number of carboxylic acids is 1. The Morgan fingerprint density at radius 3 is 2.53 bits per heavy atom. The Labute approximate surface area is 88.9 Å². The standard InChI is InChI=1S/C11H16O4/c1-9(12)15-11(10(13)14)7-5-3-2-4-6-8-11/h2-3H,4-8H2,1H3,(H,13,14)/b3-2-. The zero-order valence-corrected chi connectivity index (χ0v) is 8.86. The minimum Gasteiger partial charge on any atom is -0.478 e. The molecule has 0 spiro atoms. The Balaban J connectivity index is 2.82. The first-order chi connectivity index (χ1) is 7.07. The van der Waals surface area contributed by atoms with Crippen LogP contribution in [0, 0.1) is 0 Å². The highest BCUT2D eigenvalue weighted by Gasteiger charge is 2.40. The van der Waals surface area contributed by atoms with Crippen molar-refractivity contribution in [2.45, 2.75) is 44.6 Å². The zero-order chi connectivity index (χ0) is 11.3. The van der Waals surface area contributed by atoms with E-state index < -0.39 is 17.5 Å². The Hall–Kier alpha value is -1.32. The van der Waals surface area contributed by atoms with E-state index in [1.165, 1.54) is 6.92 Å². The van der Waals surface area contributed by atoms with Gasteiger partial charge in [-0.05, 0) is 25.7 Å². The van der Waals surface area contributed by atoms with Gasteiger partial charge >= 0.3 is 11.9 Å². The van der Waals surface area contributed by atoms with Crippen LogP contribution < -0.4 is 0 Å². The number of carbonyl (C=O) groups excluding carboxylic acids is 1. The fraction of sp³-hybridized carbons (Fsp3) is 0.636. The molecule has 1 aliphatic rings. The lowest BCUT2D eigenvalue weighted by Crippen LogP contribution is -2.43. The van der Waals surface area contributed by atoms with Crippen LogP contribution >= 0.6 is 0 Å². The number of carboxylic acid groups (broad SMARTS) is 1. The topological polar surface area (TPSA) is 63.6 Å². The summed E-state index contributed by atoms with van der Waals surface area (Å²) in [6.45, 7) is 1.25. The van der Waals surface area contributed by atoms with Crippen molar-refractivity contribution in [1.29, 1.82) is 0 Å². The summed E-state index contributed by atoms with van der Waals surface area (Å²) in [4.78, 5) is 22.1. The predicted molar refractivity (Wildman–Crippen MR) is 54.4 cm³/mol. The van der Waals surface area contributed by atoms with Crippen LogP contribution in [0.15, 0.2) is 12.2 Å². The maximum absolute atomic E-state index is 11.2. The van der Waals surface area contributed by atoms with Gasteiger partial charge in [0.25, 0.3) is 0 Å². The number of hydrogen-bond donors (Lipinski definition) is 1. The van der Waals surface area contributed by atoms with Crippen LogP contribution in [-0.4, -0.2) is 22.6 Å². The second-order valence-electron chi connectivity index (χ2n) is 3.80. The van der Waals surface area contributed by atoms with Gasteiger partial charge in [0.2, 0.25) is 5.60 Å². The quantitative estimate of drug-likeness (QED) is 0.560. The summed E-state index contributed by atoms with van der Waals surface area (Å²) in [7, 11) is 0. The third-order valence-corrected chi connectivity index (χ3v) is 2.56. The molecular formula is C11H16O4. The van der Waals surface area contributed by atoms with Crippen molar-refractivity contribution >= 4 is 11.9 Å². The molecule has 0 aliphatic heterocycles. The monoisotopic (exact) mass is 212 g/mol. The molecule has 0 aromatic rings. The SMILES string of the molecule is CC(=O)OC1(C(=O)O)CC/C=C\CCC1. The molecular weight excluding hydrogens is 196 g/mol. The van der Waals surface area contributed by atoms with Crippen LogP contribution in [0.4, 0.5) is 0 Å².